The van der Waals surface area contributed by atoms with E-state index in [1.807, 2.05) is 40.1 Å². The molecule has 0 aliphatic carbocycles. The standard InChI is InChI=1S/C20H30N2O3/c1-17(2)16-20(24)22-12-7-11-21(13-14-22)19(23)10-6-15-25-18-8-4-3-5-9-18/h3-5,8-9,17H,6-7,10-16H2,1-2H3. The first-order valence-electron chi connectivity index (χ1n) is 9.29. The van der Waals surface area contributed by atoms with Gasteiger partial charge in [-0.3, -0.25) is 9.59 Å². The molecule has 1 aliphatic heterocycles. The third-order valence-corrected chi connectivity index (χ3v) is 4.33. The van der Waals surface area contributed by atoms with Gasteiger partial charge in [0.1, 0.15) is 5.75 Å². The van der Waals surface area contributed by atoms with Crippen molar-refractivity contribution in [1.29, 1.82) is 0 Å². The Hall–Kier alpha value is -2.04. The molecule has 138 valence electrons. The molecule has 1 heterocycles. The van der Waals surface area contributed by atoms with Crippen LogP contribution in [0.25, 0.3) is 0 Å². The van der Waals surface area contributed by atoms with E-state index in [-0.39, 0.29) is 11.8 Å². The molecule has 2 rings (SSSR count). The fourth-order valence-electron chi connectivity index (χ4n) is 2.98. The molecule has 25 heavy (non-hydrogen) atoms. The molecule has 1 aromatic carbocycles. The van der Waals surface area contributed by atoms with Crippen molar-refractivity contribution in [3.8, 4) is 5.75 Å². The molecule has 5 nitrogen and oxygen atoms in total. The Morgan fingerprint density at radius 1 is 1.00 bits per heavy atom. The molecule has 1 aliphatic rings. The largest absolute Gasteiger partial charge is 0.494 e. The lowest BCUT2D eigenvalue weighted by molar-refractivity contribution is -0.134. The van der Waals surface area contributed by atoms with Crippen LogP contribution >= 0.6 is 0 Å². The molecule has 0 unspecified atom stereocenters. The van der Waals surface area contributed by atoms with Crippen molar-refractivity contribution in [1.82, 2.24) is 9.80 Å². The molecule has 2 amide bonds. The fraction of sp³-hybridized carbons (Fsp3) is 0.600. The number of para-hydroxylation sites is 1. The Morgan fingerprint density at radius 2 is 1.64 bits per heavy atom. The summed E-state index contributed by atoms with van der Waals surface area (Å²) < 4.78 is 5.63. The number of amides is 2. The highest BCUT2D eigenvalue weighted by Gasteiger charge is 2.22. The first-order chi connectivity index (χ1) is 12.1. The minimum atomic E-state index is 0.162. The maximum absolute atomic E-state index is 12.4. The van der Waals surface area contributed by atoms with Crippen LogP contribution in [0.15, 0.2) is 30.3 Å². The van der Waals surface area contributed by atoms with Crippen LogP contribution in [0.2, 0.25) is 0 Å². The third kappa shape index (κ3) is 6.77. The zero-order valence-electron chi connectivity index (χ0n) is 15.4. The Bertz CT molecular complexity index is 545. The molecule has 1 saturated heterocycles. The van der Waals surface area contributed by atoms with E-state index in [4.69, 9.17) is 4.74 Å². The van der Waals surface area contributed by atoms with Crippen molar-refractivity contribution in [3.63, 3.8) is 0 Å². The Labute approximate surface area is 150 Å². The summed E-state index contributed by atoms with van der Waals surface area (Å²) in [5, 5.41) is 0. The number of hydrogen-bond acceptors (Lipinski definition) is 3. The minimum absolute atomic E-state index is 0.162. The van der Waals surface area contributed by atoms with Crippen LogP contribution < -0.4 is 4.74 Å². The second-order valence-corrected chi connectivity index (χ2v) is 6.98. The lowest BCUT2D eigenvalue weighted by atomic mass is 10.1. The van der Waals surface area contributed by atoms with Crippen molar-refractivity contribution in [2.75, 3.05) is 32.8 Å². The van der Waals surface area contributed by atoms with Crippen molar-refractivity contribution >= 4 is 11.8 Å². The average Bonchev–Trinajstić information content (AvgIpc) is 2.85. The summed E-state index contributed by atoms with van der Waals surface area (Å²) in [6.45, 7) is 7.45. The predicted molar refractivity (Wildman–Crippen MR) is 98.4 cm³/mol. The molecule has 0 radical (unpaired) electrons. The topological polar surface area (TPSA) is 49.9 Å². The van der Waals surface area contributed by atoms with Gasteiger partial charge in [-0.05, 0) is 30.9 Å². The van der Waals surface area contributed by atoms with E-state index in [0.717, 1.165) is 25.3 Å². The van der Waals surface area contributed by atoms with E-state index in [2.05, 4.69) is 13.8 Å². The molecule has 0 atom stereocenters. The van der Waals surface area contributed by atoms with Crippen LogP contribution in [0.1, 0.15) is 39.5 Å². The number of ether oxygens (including phenoxy) is 1. The summed E-state index contributed by atoms with van der Waals surface area (Å²) in [6, 6.07) is 9.65. The lowest BCUT2D eigenvalue weighted by Gasteiger charge is -2.23. The molecule has 0 N–H and O–H groups in total. The van der Waals surface area contributed by atoms with Crippen LogP contribution in [-0.2, 0) is 9.59 Å². The van der Waals surface area contributed by atoms with Crippen LogP contribution in [0, 0.1) is 5.92 Å². The highest BCUT2D eigenvalue weighted by Crippen LogP contribution is 2.11. The molecule has 0 aromatic heterocycles. The second kappa shape index (κ2) is 10.1. The van der Waals surface area contributed by atoms with Crippen LogP contribution in [-0.4, -0.2) is 54.4 Å². The van der Waals surface area contributed by atoms with Crippen LogP contribution in [0.5, 0.6) is 5.75 Å². The minimum Gasteiger partial charge on any atom is -0.494 e. The maximum Gasteiger partial charge on any atom is 0.222 e. The normalized spacial score (nSPS) is 15.2. The van der Waals surface area contributed by atoms with Gasteiger partial charge in [0.25, 0.3) is 0 Å². The van der Waals surface area contributed by atoms with Gasteiger partial charge in [-0.25, -0.2) is 0 Å². The van der Waals surface area contributed by atoms with Gasteiger partial charge in [-0.1, -0.05) is 32.0 Å². The van der Waals surface area contributed by atoms with Gasteiger partial charge in [0.15, 0.2) is 0 Å². The van der Waals surface area contributed by atoms with E-state index in [1.54, 1.807) is 0 Å². The van der Waals surface area contributed by atoms with Crippen molar-refractivity contribution in [2.45, 2.75) is 39.5 Å². The molecule has 0 spiro atoms. The summed E-state index contributed by atoms with van der Waals surface area (Å²) in [5.41, 5.74) is 0. The monoisotopic (exact) mass is 346 g/mol. The Morgan fingerprint density at radius 3 is 2.28 bits per heavy atom. The SMILES string of the molecule is CC(C)CC(=O)N1CCCN(C(=O)CCCOc2ccccc2)CC1. The molecule has 5 heteroatoms. The third-order valence-electron chi connectivity index (χ3n) is 4.33. The lowest BCUT2D eigenvalue weighted by Crippen LogP contribution is -2.37. The Balaban J connectivity index is 1.68. The van der Waals surface area contributed by atoms with Gasteiger partial charge in [0.05, 0.1) is 6.61 Å². The zero-order chi connectivity index (χ0) is 18.1. The summed E-state index contributed by atoms with van der Waals surface area (Å²) in [7, 11) is 0. The summed E-state index contributed by atoms with van der Waals surface area (Å²) in [6.07, 6.45) is 2.65. The van der Waals surface area contributed by atoms with Gasteiger partial charge < -0.3 is 14.5 Å². The van der Waals surface area contributed by atoms with Gasteiger partial charge in [-0.15, -0.1) is 0 Å². The number of hydrogen-bond donors (Lipinski definition) is 0. The summed E-state index contributed by atoms with van der Waals surface area (Å²) >= 11 is 0. The molecular weight excluding hydrogens is 316 g/mol. The van der Waals surface area contributed by atoms with E-state index in [9.17, 15) is 9.59 Å². The van der Waals surface area contributed by atoms with Crippen molar-refractivity contribution in [2.24, 2.45) is 5.92 Å². The van der Waals surface area contributed by atoms with Gasteiger partial charge in [0.2, 0.25) is 11.8 Å². The zero-order valence-corrected chi connectivity index (χ0v) is 15.4. The van der Waals surface area contributed by atoms with E-state index >= 15 is 0 Å². The summed E-state index contributed by atoms with van der Waals surface area (Å²) in [4.78, 5) is 28.4. The fourth-order valence-corrected chi connectivity index (χ4v) is 2.98. The van der Waals surface area contributed by atoms with Crippen LogP contribution in [0.3, 0.4) is 0 Å². The molecule has 1 aromatic rings. The number of nitrogens with zero attached hydrogens (tertiary/aromatic N) is 2. The van der Waals surface area contributed by atoms with Gasteiger partial charge in [0, 0.05) is 39.0 Å². The van der Waals surface area contributed by atoms with Crippen LogP contribution in [0.4, 0.5) is 0 Å². The smallest absolute Gasteiger partial charge is 0.222 e. The van der Waals surface area contributed by atoms with E-state index in [1.165, 1.54) is 0 Å². The number of carbonyl (C=O) groups is 2. The quantitative estimate of drug-likeness (QED) is 0.713. The first-order valence-corrected chi connectivity index (χ1v) is 9.29. The second-order valence-electron chi connectivity index (χ2n) is 6.98. The molecule has 0 saturated carbocycles. The van der Waals surface area contributed by atoms with Crippen molar-refractivity contribution in [3.05, 3.63) is 30.3 Å². The first kappa shape index (κ1) is 19.3. The van der Waals surface area contributed by atoms with Crippen molar-refractivity contribution < 1.29 is 14.3 Å². The average molecular weight is 346 g/mol. The highest BCUT2D eigenvalue weighted by molar-refractivity contribution is 5.77. The predicted octanol–water partition coefficient (Wildman–Crippen LogP) is 2.95. The number of benzene rings is 1. The van der Waals surface area contributed by atoms with E-state index in [0.29, 0.717) is 44.9 Å². The number of carbonyl (C=O) groups excluding carboxylic acids is 2. The molecule has 0 bridgehead atoms. The number of rotatable bonds is 7. The molecule has 1 fully saturated rings. The highest BCUT2D eigenvalue weighted by atomic mass is 16.5. The van der Waals surface area contributed by atoms with Gasteiger partial charge >= 0.3 is 0 Å². The van der Waals surface area contributed by atoms with E-state index < -0.39 is 0 Å². The van der Waals surface area contributed by atoms with Gasteiger partial charge in [-0.2, -0.15) is 0 Å². The maximum atomic E-state index is 12.4. The molecular formula is C20H30N2O3. The summed E-state index contributed by atoms with van der Waals surface area (Å²) in [5.74, 6) is 1.58. The Kier molecular flexibility index (Phi) is 7.76.